The van der Waals surface area contributed by atoms with Crippen molar-refractivity contribution in [2.75, 3.05) is 0 Å². The Labute approximate surface area is 77.6 Å². The minimum absolute atomic E-state index is 0.0822. The maximum Gasteiger partial charge on any atom is 0.129 e. The molecule has 0 N–H and O–H groups in total. The van der Waals surface area contributed by atoms with Crippen LogP contribution < -0.4 is 0 Å². The van der Waals surface area contributed by atoms with Crippen LogP contribution in [0, 0.1) is 17.6 Å². The lowest BCUT2D eigenvalue weighted by atomic mass is 9.89. The topological polar surface area (TPSA) is 0 Å². The van der Waals surface area contributed by atoms with Crippen LogP contribution >= 0.6 is 0 Å². The molecule has 0 aromatic heterocycles. The Kier molecular flexibility index (Phi) is 3.02. The molecule has 1 rings (SSSR count). The molecule has 0 aliphatic rings. The minimum Gasteiger partial charge on any atom is -0.207 e. The van der Waals surface area contributed by atoms with Crippen LogP contribution in [0.1, 0.15) is 32.3 Å². The van der Waals surface area contributed by atoms with Gasteiger partial charge in [-0.15, -0.1) is 0 Å². The highest BCUT2D eigenvalue weighted by Crippen LogP contribution is 2.27. The van der Waals surface area contributed by atoms with Crippen molar-refractivity contribution in [3.05, 3.63) is 35.4 Å². The quantitative estimate of drug-likeness (QED) is 0.657. The van der Waals surface area contributed by atoms with Gasteiger partial charge in [-0.05, 0) is 24.0 Å². The molecule has 72 valence electrons. The van der Waals surface area contributed by atoms with Crippen molar-refractivity contribution < 1.29 is 8.78 Å². The van der Waals surface area contributed by atoms with Crippen molar-refractivity contribution >= 4 is 0 Å². The van der Waals surface area contributed by atoms with Gasteiger partial charge in [0.15, 0.2) is 0 Å². The Morgan fingerprint density at radius 1 is 1.00 bits per heavy atom. The number of benzene rings is 1. The molecular weight excluding hydrogens is 170 g/mol. The number of rotatable bonds is 2. The second-order valence-corrected chi connectivity index (χ2v) is 3.67. The lowest BCUT2D eigenvalue weighted by Crippen LogP contribution is -2.07. The zero-order valence-electron chi connectivity index (χ0n) is 8.14. The van der Waals surface area contributed by atoms with Crippen molar-refractivity contribution in [2.24, 2.45) is 5.92 Å². The summed E-state index contributed by atoms with van der Waals surface area (Å²) in [7, 11) is 0. The van der Waals surface area contributed by atoms with Crippen LogP contribution in [0.3, 0.4) is 0 Å². The maximum absolute atomic E-state index is 13.2. The minimum atomic E-state index is -0.443. The van der Waals surface area contributed by atoms with Gasteiger partial charge in [-0.25, -0.2) is 8.78 Å². The Balaban J connectivity index is 3.12. The molecule has 0 fully saturated rings. The van der Waals surface area contributed by atoms with Crippen molar-refractivity contribution in [3.8, 4) is 0 Å². The molecule has 0 bridgehead atoms. The fraction of sp³-hybridized carbons (Fsp3) is 0.455. The predicted molar refractivity (Wildman–Crippen MR) is 49.6 cm³/mol. The largest absolute Gasteiger partial charge is 0.207 e. The van der Waals surface area contributed by atoms with Gasteiger partial charge in [0.1, 0.15) is 11.6 Å². The van der Waals surface area contributed by atoms with Gasteiger partial charge in [-0.2, -0.15) is 0 Å². The second kappa shape index (κ2) is 3.86. The highest BCUT2D eigenvalue weighted by molar-refractivity contribution is 5.23. The molecule has 1 aromatic rings. The van der Waals surface area contributed by atoms with E-state index < -0.39 is 11.6 Å². The number of hydrogen-bond donors (Lipinski definition) is 0. The van der Waals surface area contributed by atoms with Crippen LogP contribution in [0.15, 0.2) is 18.2 Å². The molecule has 0 aliphatic heterocycles. The van der Waals surface area contributed by atoms with E-state index in [1.807, 2.05) is 20.8 Å². The summed E-state index contributed by atoms with van der Waals surface area (Å²) >= 11 is 0. The molecule has 0 spiro atoms. The van der Waals surface area contributed by atoms with E-state index in [9.17, 15) is 8.78 Å². The van der Waals surface area contributed by atoms with E-state index in [-0.39, 0.29) is 17.4 Å². The third kappa shape index (κ3) is 2.06. The second-order valence-electron chi connectivity index (χ2n) is 3.67. The van der Waals surface area contributed by atoms with Crippen LogP contribution in [-0.4, -0.2) is 0 Å². The lowest BCUT2D eigenvalue weighted by Gasteiger charge is -2.17. The van der Waals surface area contributed by atoms with Gasteiger partial charge in [0.05, 0.1) is 0 Å². The highest BCUT2D eigenvalue weighted by atomic mass is 19.1. The van der Waals surface area contributed by atoms with Crippen molar-refractivity contribution in [1.82, 2.24) is 0 Å². The van der Waals surface area contributed by atoms with E-state index in [1.165, 1.54) is 18.2 Å². The first kappa shape index (κ1) is 10.2. The van der Waals surface area contributed by atoms with Gasteiger partial charge in [-0.1, -0.05) is 26.8 Å². The molecule has 0 aliphatic carbocycles. The number of halogens is 2. The van der Waals surface area contributed by atoms with Crippen LogP contribution in [0.2, 0.25) is 0 Å². The molecular formula is C11H14F2. The van der Waals surface area contributed by atoms with E-state index >= 15 is 0 Å². The molecule has 1 atom stereocenters. The zero-order chi connectivity index (χ0) is 10.0. The molecule has 1 unspecified atom stereocenters. The Hall–Kier alpha value is -0.920. The van der Waals surface area contributed by atoms with Gasteiger partial charge in [0, 0.05) is 5.56 Å². The summed E-state index contributed by atoms with van der Waals surface area (Å²) in [5, 5.41) is 0. The molecule has 1 aromatic carbocycles. The molecule has 0 radical (unpaired) electrons. The van der Waals surface area contributed by atoms with Gasteiger partial charge in [0.2, 0.25) is 0 Å². The third-order valence-corrected chi connectivity index (χ3v) is 2.46. The van der Waals surface area contributed by atoms with Gasteiger partial charge in [-0.3, -0.25) is 0 Å². The summed E-state index contributed by atoms with van der Waals surface area (Å²) in [6, 6.07) is 4.00. The lowest BCUT2D eigenvalue weighted by molar-refractivity contribution is 0.468. The summed E-state index contributed by atoms with van der Waals surface area (Å²) in [4.78, 5) is 0. The van der Waals surface area contributed by atoms with Crippen molar-refractivity contribution in [2.45, 2.75) is 26.7 Å². The first-order valence-electron chi connectivity index (χ1n) is 4.48. The van der Waals surface area contributed by atoms with Crippen LogP contribution in [0.5, 0.6) is 0 Å². The van der Waals surface area contributed by atoms with Gasteiger partial charge >= 0.3 is 0 Å². The summed E-state index contributed by atoms with van der Waals surface area (Å²) in [5.74, 6) is -0.727. The molecule has 0 saturated carbocycles. The molecule has 0 amide bonds. The molecule has 0 nitrogen and oxygen atoms in total. The first-order chi connectivity index (χ1) is 6.04. The predicted octanol–water partition coefficient (Wildman–Crippen LogP) is 3.72. The SMILES string of the molecule is CC(C)C(C)c1c(F)cccc1F. The average Bonchev–Trinajstić information content (AvgIpc) is 2.03. The third-order valence-electron chi connectivity index (χ3n) is 2.46. The maximum atomic E-state index is 13.2. The highest BCUT2D eigenvalue weighted by Gasteiger charge is 2.18. The van der Waals surface area contributed by atoms with E-state index in [1.54, 1.807) is 0 Å². The molecule has 2 heteroatoms. The first-order valence-corrected chi connectivity index (χ1v) is 4.48. The van der Waals surface area contributed by atoms with Crippen molar-refractivity contribution in [3.63, 3.8) is 0 Å². The fourth-order valence-electron chi connectivity index (χ4n) is 1.28. The molecule has 13 heavy (non-hydrogen) atoms. The van der Waals surface area contributed by atoms with E-state index in [2.05, 4.69) is 0 Å². The van der Waals surface area contributed by atoms with Gasteiger partial charge in [0.25, 0.3) is 0 Å². The average molecular weight is 184 g/mol. The normalized spacial score (nSPS) is 13.4. The fourth-order valence-corrected chi connectivity index (χ4v) is 1.28. The Bertz CT molecular complexity index is 272. The molecule has 0 heterocycles. The van der Waals surface area contributed by atoms with E-state index in [0.29, 0.717) is 0 Å². The Morgan fingerprint density at radius 3 is 1.85 bits per heavy atom. The monoisotopic (exact) mass is 184 g/mol. The van der Waals surface area contributed by atoms with Crippen LogP contribution in [0.4, 0.5) is 8.78 Å². The number of hydrogen-bond acceptors (Lipinski definition) is 0. The summed E-state index contributed by atoms with van der Waals surface area (Å²) in [6.07, 6.45) is 0. The standard InChI is InChI=1S/C11H14F2/c1-7(2)8(3)11-9(12)5-4-6-10(11)13/h4-8H,1-3H3. The summed E-state index contributed by atoms with van der Waals surface area (Å²) in [6.45, 7) is 5.75. The van der Waals surface area contributed by atoms with E-state index in [0.717, 1.165) is 0 Å². The van der Waals surface area contributed by atoms with E-state index in [4.69, 9.17) is 0 Å². The smallest absolute Gasteiger partial charge is 0.129 e. The molecule has 0 saturated heterocycles. The summed E-state index contributed by atoms with van der Waals surface area (Å²) in [5.41, 5.74) is 0.206. The van der Waals surface area contributed by atoms with Gasteiger partial charge < -0.3 is 0 Å². The summed E-state index contributed by atoms with van der Waals surface area (Å²) < 4.78 is 26.4. The Morgan fingerprint density at radius 2 is 1.46 bits per heavy atom. The van der Waals surface area contributed by atoms with Crippen molar-refractivity contribution in [1.29, 1.82) is 0 Å². The van der Waals surface area contributed by atoms with Crippen LogP contribution in [0.25, 0.3) is 0 Å². The van der Waals surface area contributed by atoms with Crippen LogP contribution in [-0.2, 0) is 0 Å². The zero-order valence-corrected chi connectivity index (χ0v) is 8.14.